The van der Waals surface area contributed by atoms with Gasteiger partial charge in [0, 0.05) is 31.0 Å². The van der Waals surface area contributed by atoms with Crippen molar-refractivity contribution >= 4 is 11.3 Å². The molecule has 0 bridgehead atoms. The quantitative estimate of drug-likeness (QED) is 0.759. The van der Waals surface area contributed by atoms with Crippen LogP contribution in [0.1, 0.15) is 12.6 Å². The molecule has 1 aliphatic heterocycles. The summed E-state index contributed by atoms with van der Waals surface area (Å²) in [5.41, 5.74) is 7.98. The van der Waals surface area contributed by atoms with E-state index in [-0.39, 0.29) is 5.54 Å². The van der Waals surface area contributed by atoms with E-state index in [1.54, 1.807) is 6.20 Å². The summed E-state index contributed by atoms with van der Waals surface area (Å²) in [6.45, 7) is 5.75. The molecular formula is C11H15N5. The summed E-state index contributed by atoms with van der Waals surface area (Å²) in [4.78, 5) is 6.61. The Morgan fingerprint density at radius 1 is 1.44 bits per heavy atom. The first kappa shape index (κ1) is 9.59. The van der Waals surface area contributed by atoms with Crippen LogP contribution >= 0.6 is 0 Å². The average Bonchev–Trinajstić information content (AvgIpc) is 2.53. The molecule has 0 spiro atoms. The van der Waals surface area contributed by atoms with Gasteiger partial charge in [-0.3, -0.25) is 0 Å². The Morgan fingerprint density at radius 3 is 2.88 bits per heavy atom. The van der Waals surface area contributed by atoms with Crippen molar-refractivity contribution in [1.29, 1.82) is 0 Å². The largest absolute Gasteiger partial charge is 0.351 e. The third-order valence-corrected chi connectivity index (χ3v) is 2.90. The lowest BCUT2D eigenvalue weighted by Crippen LogP contribution is -2.65. The van der Waals surface area contributed by atoms with Gasteiger partial charge in [-0.25, -0.2) is 9.50 Å². The van der Waals surface area contributed by atoms with Crippen LogP contribution in [-0.4, -0.2) is 33.2 Å². The maximum atomic E-state index is 6.01. The van der Waals surface area contributed by atoms with Crippen molar-refractivity contribution in [3.8, 4) is 0 Å². The second-order valence-corrected chi connectivity index (χ2v) is 4.88. The summed E-state index contributed by atoms with van der Waals surface area (Å²) >= 11 is 0. The van der Waals surface area contributed by atoms with Crippen molar-refractivity contribution in [3.05, 3.63) is 24.2 Å². The minimum atomic E-state index is -0.0798. The highest BCUT2D eigenvalue weighted by molar-refractivity contribution is 5.70. The van der Waals surface area contributed by atoms with Crippen LogP contribution in [0.3, 0.4) is 0 Å². The van der Waals surface area contributed by atoms with Gasteiger partial charge < -0.3 is 10.6 Å². The molecule has 3 rings (SSSR count). The smallest absolute Gasteiger partial charge is 0.154 e. The highest BCUT2D eigenvalue weighted by Gasteiger charge is 2.36. The number of anilines is 1. The molecule has 0 unspecified atom stereocenters. The molecular weight excluding hydrogens is 202 g/mol. The van der Waals surface area contributed by atoms with Crippen molar-refractivity contribution in [1.82, 2.24) is 14.6 Å². The lowest BCUT2D eigenvalue weighted by Gasteiger charge is -2.46. The molecule has 84 valence electrons. The Morgan fingerprint density at radius 2 is 2.19 bits per heavy atom. The van der Waals surface area contributed by atoms with Gasteiger partial charge in [-0.15, -0.1) is 0 Å². The van der Waals surface area contributed by atoms with Crippen molar-refractivity contribution in [3.63, 3.8) is 0 Å². The summed E-state index contributed by atoms with van der Waals surface area (Å²) in [6.07, 6.45) is 3.65. The number of hydrogen-bond donors (Lipinski definition) is 1. The van der Waals surface area contributed by atoms with Gasteiger partial charge in [0.15, 0.2) is 5.82 Å². The van der Waals surface area contributed by atoms with Crippen LogP contribution < -0.4 is 10.6 Å². The lowest BCUT2D eigenvalue weighted by molar-refractivity contribution is 0.363. The number of rotatable bonds is 1. The molecule has 16 heavy (non-hydrogen) atoms. The highest BCUT2D eigenvalue weighted by Crippen LogP contribution is 2.27. The molecule has 5 nitrogen and oxygen atoms in total. The SMILES string of the molecule is Cc1cc2c(N3CC(C)(N)C3)nccn2n1. The van der Waals surface area contributed by atoms with Gasteiger partial charge in [-0.05, 0) is 19.9 Å². The van der Waals surface area contributed by atoms with E-state index < -0.39 is 0 Å². The maximum absolute atomic E-state index is 6.01. The lowest BCUT2D eigenvalue weighted by atomic mass is 9.94. The van der Waals surface area contributed by atoms with Crippen LogP contribution in [0.25, 0.3) is 5.52 Å². The first-order chi connectivity index (χ1) is 7.55. The van der Waals surface area contributed by atoms with Crippen LogP contribution in [0.2, 0.25) is 0 Å². The summed E-state index contributed by atoms with van der Waals surface area (Å²) in [5.74, 6) is 0.978. The van der Waals surface area contributed by atoms with Gasteiger partial charge in [0.05, 0.1) is 5.69 Å². The minimum absolute atomic E-state index is 0.0798. The molecule has 2 N–H and O–H groups in total. The Labute approximate surface area is 93.9 Å². The van der Waals surface area contributed by atoms with Crippen molar-refractivity contribution in [2.24, 2.45) is 5.73 Å². The number of nitrogens with zero attached hydrogens (tertiary/aromatic N) is 4. The second-order valence-electron chi connectivity index (χ2n) is 4.88. The highest BCUT2D eigenvalue weighted by atomic mass is 15.3. The number of hydrogen-bond acceptors (Lipinski definition) is 4. The molecule has 1 saturated heterocycles. The van der Waals surface area contributed by atoms with Crippen LogP contribution in [0, 0.1) is 6.92 Å². The van der Waals surface area contributed by atoms with Crippen LogP contribution in [0.4, 0.5) is 5.82 Å². The molecule has 0 aliphatic carbocycles. The van der Waals surface area contributed by atoms with Gasteiger partial charge in [0.2, 0.25) is 0 Å². The van der Waals surface area contributed by atoms with E-state index in [9.17, 15) is 0 Å². The Hall–Kier alpha value is -1.62. The maximum Gasteiger partial charge on any atom is 0.154 e. The van der Waals surface area contributed by atoms with Gasteiger partial charge in [-0.2, -0.15) is 5.10 Å². The molecule has 0 atom stereocenters. The predicted molar refractivity (Wildman–Crippen MR) is 62.5 cm³/mol. The zero-order valence-electron chi connectivity index (χ0n) is 9.51. The molecule has 0 aromatic carbocycles. The molecule has 0 radical (unpaired) electrons. The first-order valence-electron chi connectivity index (χ1n) is 5.40. The van der Waals surface area contributed by atoms with E-state index in [0.29, 0.717) is 0 Å². The van der Waals surface area contributed by atoms with E-state index in [4.69, 9.17) is 5.73 Å². The summed E-state index contributed by atoms with van der Waals surface area (Å²) < 4.78 is 1.86. The van der Waals surface area contributed by atoms with E-state index in [1.807, 2.05) is 17.6 Å². The van der Waals surface area contributed by atoms with E-state index in [0.717, 1.165) is 30.1 Å². The fourth-order valence-corrected chi connectivity index (χ4v) is 2.25. The van der Waals surface area contributed by atoms with Gasteiger partial charge in [-0.1, -0.05) is 0 Å². The predicted octanol–water partition coefficient (Wildman–Crippen LogP) is 0.575. The van der Waals surface area contributed by atoms with Crippen molar-refractivity contribution < 1.29 is 0 Å². The van der Waals surface area contributed by atoms with Gasteiger partial charge in [0.25, 0.3) is 0 Å². The van der Waals surface area contributed by atoms with E-state index in [2.05, 4.69) is 28.0 Å². The number of aryl methyl sites for hydroxylation is 1. The molecule has 5 heteroatoms. The third-order valence-electron chi connectivity index (χ3n) is 2.90. The molecule has 0 amide bonds. The normalized spacial score (nSPS) is 18.8. The fraction of sp³-hybridized carbons (Fsp3) is 0.455. The molecule has 1 aliphatic rings. The zero-order chi connectivity index (χ0) is 11.3. The number of fused-ring (bicyclic) bond motifs is 1. The Bertz CT molecular complexity index is 534. The summed E-state index contributed by atoms with van der Waals surface area (Å²) in [6, 6.07) is 2.05. The Kier molecular flexibility index (Phi) is 1.77. The third kappa shape index (κ3) is 1.36. The Balaban J connectivity index is 2.04. The van der Waals surface area contributed by atoms with Crippen LogP contribution in [0.15, 0.2) is 18.5 Å². The van der Waals surface area contributed by atoms with Gasteiger partial charge >= 0.3 is 0 Å². The van der Waals surface area contributed by atoms with Crippen LogP contribution in [-0.2, 0) is 0 Å². The topological polar surface area (TPSA) is 59.5 Å². The zero-order valence-corrected chi connectivity index (χ0v) is 9.51. The number of aromatic nitrogens is 3. The molecule has 1 fully saturated rings. The van der Waals surface area contributed by atoms with Crippen LogP contribution in [0.5, 0.6) is 0 Å². The second kappa shape index (κ2) is 2.95. The molecule has 0 saturated carbocycles. The van der Waals surface area contributed by atoms with Crippen molar-refractivity contribution in [2.45, 2.75) is 19.4 Å². The average molecular weight is 217 g/mol. The van der Waals surface area contributed by atoms with E-state index in [1.165, 1.54) is 0 Å². The van der Waals surface area contributed by atoms with Gasteiger partial charge in [0.1, 0.15) is 5.52 Å². The fourth-order valence-electron chi connectivity index (χ4n) is 2.25. The summed E-state index contributed by atoms with van der Waals surface area (Å²) in [5, 5.41) is 4.37. The minimum Gasteiger partial charge on any atom is -0.351 e. The first-order valence-corrected chi connectivity index (χ1v) is 5.40. The molecule has 2 aromatic heterocycles. The van der Waals surface area contributed by atoms with E-state index >= 15 is 0 Å². The summed E-state index contributed by atoms with van der Waals surface area (Å²) in [7, 11) is 0. The van der Waals surface area contributed by atoms with Crippen molar-refractivity contribution in [2.75, 3.05) is 18.0 Å². The molecule has 3 heterocycles. The standard InChI is InChI=1S/C11H15N5/c1-8-5-9-10(13-3-4-16(9)14-8)15-6-11(2,12)7-15/h3-5H,6-7,12H2,1-2H3. The monoisotopic (exact) mass is 217 g/mol. The molecule has 2 aromatic rings. The number of nitrogens with two attached hydrogens (primary N) is 1.